The summed E-state index contributed by atoms with van der Waals surface area (Å²) < 4.78 is 1.03. The van der Waals surface area contributed by atoms with Crippen molar-refractivity contribution in [3.05, 3.63) is 34.3 Å². The molecular weight excluding hydrogens is 264 g/mol. The largest absolute Gasteiger partial charge is 0.294 e. The van der Waals surface area contributed by atoms with Gasteiger partial charge in [-0.05, 0) is 25.0 Å². The van der Waals surface area contributed by atoms with E-state index in [-0.39, 0.29) is 5.41 Å². The summed E-state index contributed by atoms with van der Waals surface area (Å²) in [7, 11) is 0. The molecule has 2 rings (SSSR count). The van der Waals surface area contributed by atoms with Crippen molar-refractivity contribution in [1.29, 1.82) is 0 Å². The van der Waals surface area contributed by atoms with Crippen LogP contribution in [0.25, 0.3) is 0 Å². The molecule has 0 bridgehead atoms. The highest BCUT2D eigenvalue weighted by atomic mass is 79.9. The SMILES string of the molecule is CC1(C(=O)c2ccc(Br)cc2)CCCCC1. The van der Waals surface area contributed by atoms with Crippen molar-refractivity contribution < 1.29 is 4.79 Å². The third-order valence-corrected chi connectivity index (χ3v) is 4.14. The molecule has 0 spiro atoms. The molecule has 0 radical (unpaired) electrons. The first-order chi connectivity index (χ1) is 7.62. The van der Waals surface area contributed by atoms with Crippen LogP contribution < -0.4 is 0 Å². The Hall–Kier alpha value is -0.630. The lowest BCUT2D eigenvalue weighted by molar-refractivity contribution is 0.0749. The number of rotatable bonds is 2. The second kappa shape index (κ2) is 4.70. The Balaban J connectivity index is 2.20. The zero-order valence-electron chi connectivity index (χ0n) is 9.63. The minimum atomic E-state index is -0.119. The molecule has 1 saturated carbocycles. The van der Waals surface area contributed by atoms with E-state index in [0.717, 1.165) is 22.9 Å². The Morgan fingerprint density at radius 2 is 1.69 bits per heavy atom. The van der Waals surface area contributed by atoms with Gasteiger partial charge in [-0.25, -0.2) is 0 Å². The molecule has 1 aliphatic carbocycles. The number of hydrogen-bond donors (Lipinski definition) is 0. The molecule has 86 valence electrons. The maximum Gasteiger partial charge on any atom is 0.168 e. The number of hydrogen-bond acceptors (Lipinski definition) is 1. The minimum absolute atomic E-state index is 0.119. The number of halogens is 1. The molecule has 0 amide bonds. The lowest BCUT2D eigenvalue weighted by Gasteiger charge is -2.32. The van der Waals surface area contributed by atoms with Gasteiger partial charge in [0.05, 0.1) is 0 Å². The van der Waals surface area contributed by atoms with Crippen LogP contribution in [0.5, 0.6) is 0 Å². The highest BCUT2D eigenvalue weighted by molar-refractivity contribution is 9.10. The standard InChI is InChI=1S/C14H17BrO/c1-14(9-3-2-4-10-14)13(16)11-5-7-12(15)8-6-11/h5-8H,2-4,9-10H2,1H3. The molecule has 0 saturated heterocycles. The van der Waals surface area contributed by atoms with Gasteiger partial charge in [-0.15, -0.1) is 0 Å². The zero-order valence-corrected chi connectivity index (χ0v) is 11.2. The molecule has 2 heteroatoms. The van der Waals surface area contributed by atoms with E-state index in [9.17, 15) is 4.79 Å². The fourth-order valence-electron chi connectivity index (χ4n) is 2.51. The van der Waals surface area contributed by atoms with Crippen LogP contribution in [0, 0.1) is 5.41 Å². The Bertz CT molecular complexity index is 374. The summed E-state index contributed by atoms with van der Waals surface area (Å²) in [5.41, 5.74) is 0.735. The predicted octanol–water partition coefficient (Wildman–Crippen LogP) is 4.60. The molecule has 1 aromatic carbocycles. The highest BCUT2D eigenvalue weighted by Gasteiger charge is 2.34. The zero-order chi connectivity index (χ0) is 11.6. The smallest absolute Gasteiger partial charge is 0.168 e. The molecule has 0 atom stereocenters. The number of Topliss-reactive ketones (excluding diaryl/α,β-unsaturated/α-hetero) is 1. The normalized spacial score (nSPS) is 19.4. The summed E-state index contributed by atoms with van der Waals surface area (Å²) in [5.74, 6) is 0.319. The number of ketones is 1. The first kappa shape index (κ1) is 11.8. The number of carbonyl (C=O) groups is 1. The van der Waals surface area contributed by atoms with Crippen LogP contribution in [-0.2, 0) is 0 Å². The van der Waals surface area contributed by atoms with E-state index in [0.29, 0.717) is 5.78 Å². The fourth-order valence-corrected chi connectivity index (χ4v) is 2.77. The minimum Gasteiger partial charge on any atom is -0.294 e. The molecule has 1 aromatic rings. The predicted molar refractivity (Wildman–Crippen MR) is 69.7 cm³/mol. The van der Waals surface area contributed by atoms with Crippen LogP contribution in [0.2, 0.25) is 0 Å². The highest BCUT2D eigenvalue weighted by Crippen LogP contribution is 2.38. The van der Waals surface area contributed by atoms with E-state index in [2.05, 4.69) is 22.9 Å². The van der Waals surface area contributed by atoms with Gasteiger partial charge in [0, 0.05) is 15.5 Å². The Kier molecular flexibility index (Phi) is 3.48. The van der Waals surface area contributed by atoms with Gasteiger partial charge < -0.3 is 0 Å². The number of carbonyl (C=O) groups excluding carboxylic acids is 1. The first-order valence-corrected chi connectivity index (χ1v) is 6.71. The quantitative estimate of drug-likeness (QED) is 0.724. The molecule has 16 heavy (non-hydrogen) atoms. The van der Waals surface area contributed by atoms with E-state index >= 15 is 0 Å². The Morgan fingerprint density at radius 1 is 1.12 bits per heavy atom. The van der Waals surface area contributed by atoms with Crippen LogP contribution in [0.15, 0.2) is 28.7 Å². The van der Waals surface area contributed by atoms with Gasteiger partial charge in [-0.2, -0.15) is 0 Å². The maximum absolute atomic E-state index is 12.4. The van der Waals surface area contributed by atoms with E-state index in [1.54, 1.807) is 0 Å². The molecular formula is C14H17BrO. The summed E-state index contributed by atoms with van der Waals surface area (Å²) in [5, 5.41) is 0. The van der Waals surface area contributed by atoms with Gasteiger partial charge in [0.15, 0.2) is 5.78 Å². The molecule has 0 N–H and O–H groups in total. The van der Waals surface area contributed by atoms with Crippen LogP contribution in [0.4, 0.5) is 0 Å². The second-order valence-electron chi connectivity index (χ2n) is 4.96. The van der Waals surface area contributed by atoms with Crippen LogP contribution in [0.3, 0.4) is 0 Å². The van der Waals surface area contributed by atoms with Crippen molar-refractivity contribution >= 4 is 21.7 Å². The van der Waals surface area contributed by atoms with Crippen molar-refractivity contribution in [3.8, 4) is 0 Å². The summed E-state index contributed by atoms with van der Waals surface area (Å²) in [6.07, 6.45) is 5.75. The van der Waals surface area contributed by atoms with E-state index in [1.165, 1.54) is 19.3 Å². The summed E-state index contributed by atoms with van der Waals surface area (Å²) in [6, 6.07) is 7.73. The van der Waals surface area contributed by atoms with Crippen LogP contribution in [0.1, 0.15) is 49.4 Å². The van der Waals surface area contributed by atoms with Crippen molar-refractivity contribution in [1.82, 2.24) is 0 Å². The number of benzene rings is 1. The van der Waals surface area contributed by atoms with Gasteiger partial charge in [0.1, 0.15) is 0 Å². The Labute approximate surface area is 105 Å². The van der Waals surface area contributed by atoms with Crippen molar-refractivity contribution in [2.75, 3.05) is 0 Å². The van der Waals surface area contributed by atoms with Gasteiger partial charge >= 0.3 is 0 Å². The summed E-state index contributed by atoms with van der Waals surface area (Å²) in [6.45, 7) is 2.12. The maximum atomic E-state index is 12.4. The summed E-state index contributed by atoms with van der Waals surface area (Å²) in [4.78, 5) is 12.4. The third-order valence-electron chi connectivity index (χ3n) is 3.61. The van der Waals surface area contributed by atoms with Crippen LogP contribution in [-0.4, -0.2) is 5.78 Å². The van der Waals surface area contributed by atoms with E-state index in [4.69, 9.17) is 0 Å². The molecule has 1 nitrogen and oxygen atoms in total. The van der Waals surface area contributed by atoms with E-state index in [1.807, 2.05) is 24.3 Å². The van der Waals surface area contributed by atoms with Crippen LogP contribution >= 0.6 is 15.9 Å². The molecule has 1 aliphatic rings. The van der Waals surface area contributed by atoms with Gasteiger partial charge in [-0.3, -0.25) is 4.79 Å². The lowest BCUT2D eigenvalue weighted by atomic mass is 9.71. The van der Waals surface area contributed by atoms with Gasteiger partial charge in [0.2, 0.25) is 0 Å². The van der Waals surface area contributed by atoms with Crippen molar-refractivity contribution in [2.45, 2.75) is 39.0 Å². The lowest BCUT2D eigenvalue weighted by Crippen LogP contribution is -2.30. The third kappa shape index (κ3) is 2.37. The molecule has 0 aliphatic heterocycles. The molecule has 0 aromatic heterocycles. The van der Waals surface area contributed by atoms with Gasteiger partial charge in [0.25, 0.3) is 0 Å². The summed E-state index contributed by atoms with van der Waals surface area (Å²) >= 11 is 3.39. The van der Waals surface area contributed by atoms with Gasteiger partial charge in [-0.1, -0.05) is 54.2 Å². The van der Waals surface area contributed by atoms with Crippen molar-refractivity contribution in [3.63, 3.8) is 0 Å². The fraction of sp³-hybridized carbons (Fsp3) is 0.500. The monoisotopic (exact) mass is 280 g/mol. The first-order valence-electron chi connectivity index (χ1n) is 5.92. The Morgan fingerprint density at radius 3 is 2.25 bits per heavy atom. The van der Waals surface area contributed by atoms with E-state index < -0.39 is 0 Å². The molecule has 0 unspecified atom stereocenters. The molecule has 1 fully saturated rings. The average Bonchev–Trinajstić information content (AvgIpc) is 2.30. The topological polar surface area (TPSA) is 17.1 Å². The van der Waals surface area contributed by atoms with Crippen molar-refractivity contribution in [2.24, 2.45) is 5.41 Å². The average molecular weight is 281 g/mol. The second-order valence-corrected chi connectivity index (χ2v) is 5.87. The molecule has 0 heterocycles.